The van der Waals surface area contributed by atoms with Gasteiger partial charge in [0.25, 0.3) is 0 Å². The van der Waals surface area contributed by atoms with E-state index in [4.69, 9.17) is 4.74 Å². The zero-order chi connectivity index (χ0) is 26.6. The Morgan fingerprint density at radius 3 is 2.57 bits per heavy atom. The summed E-state index contributed by atoms with van der Waals surface area (Å²) in [4.78, 5) is 54.9. The van der Waals surface area contributed by atoms with Gasteiger partial charge >= 0.3 is 6.09 Å². The molecule has 0 spiro atoms. The van der Waals surface area contributed by atoms with Gasteiger partial charge in [0.05, 0.1) is 13.1 Å². The Morgan fingerprint density at radius 2 is 1.84 bits per heavy atom. The van der Waals surface area contributed by atoms with Gasteiger partial charge in [0.2, 0.25) is 17.7 Å². The van der Waals surface area contributed by atoms with Crippen LogP contribution in [0, 0.1) is 0 Å². The molecule has 13 nitrogen and oxygen atoms in total. The molecule has 0 aliphatic carbocycles. The minimum absolute atomic E-state index is 0.0587. The number of benzene rings is 1. The largest absolute Gasteiger partial charge is 0.444 e. The summed E-state index contributed by atoms with van der Waals surface area (Å²) in [7, 11) is 0. The molecule has 1 fully saturated rings. The first-order chi connectivity index (χ1) is 17.6. The van der Waals surface area contributed by atoms with Crippen LogP contribution in [0.1, 0.15) is 51.4 Å². The molecule has 0 unspecified atom stereocenters. The molecule has 13 heteroatoms. The third kappa shape index (κ3) is 6.22. The van der Waals surface area contributed by atoms with Crippen LogP contribution < -0.4 is 15.5 Å². The van der Waals surface area contributed by atoms with Crippen molar-refractivity contribution in [1.82, 2.24) is 36.2 Å². The summed E-state index contributed by atoms with van der Waals surface area (Å²) in [6.07, 6.45) is 1.82. The molecular weight excluding hydrogens is 480 g/mol. The number of likely N-dealkylation sites (tertiary alicyclic amines) is 1. The second-order valence-electron chi connectivity index (χ2n) is 10.1. The van der Waals surface area contributed by atoms with Gasteiger partial charge in [0, 0.05) is 18.7 Å². The van der Waals surface area contributed by atoms with Gasteiger partial charge in [-0.3, -0.25) is 24.2 Å². The number of hydrogen-bond acceptors (Lipinski definition) is 8. The Bertz CT molecular complexity index is 1150. The van der Waals surface area contributed by atoms with Crippen LogP contribution >= 0.6 is 0 Å². The molecule has 37 heavy (non-hydrogen) atoms. The number of nitrogens with one attached hydrogen (secondary N) is 3. The molecule has 2 aliphatic rings. The number of rotatable bonds is 6. The van der Waals surface area contributed by atoms with Crippen molar-refractivity contribution in [1.29, 1.82) is 0 Å². The summed E-state index contributed by atoms with van der Waals surface area (Å²) < 4.78 is 5.47. The van der Waals surface area contributed by atoms with Crippen molar-refractivity contribution in [3.05, 3.63) is 35.7 Å². The van der Waals surface area contributed by atoms with Crippen LogP contribution in [-0.4, -0.2) is 80.1 Å². The maximum Gasteiger partial charge on any atom is 0.410 e. The smallest absolute Gasteiger partial charge is 0.410 e. The number of para-hydroxylation sites is 1. The highest BCUT2D eigenvalue weighted by atomic mass is 16.6. The van der Waals surface area contributed by atoms with E-state index in [-0.39, 0.29) is 19.0 Å². The van der Waals surface area contributed by atoms with E-state index in [1.807, 2.05) is 12.1 Å². The van der Waals surface area contributed by atoms with E-state index < -0.39 is 35.6 Å². The number of amides is 4. The number of hydrogen-bond donors (Lipinski definition) is 3. The van der Waals surface area contributed by atoms with Crippen molar-refractivity contribution in [3.8, 4) is 0 Å². The molecule has 1 aromatic carbocycles. The lowest BCUT2D eigenvalue weighted by Gasteiger charge is -2.35. The zero-order valence-corrected chi connectivity index (χ0v) is 21.2. The van der Waals surface area contributed by atoms with E-state index in [1.165, 1.54) is 9.80 Å². The molecule has 4 amide bonds. The van der Waals surface area contributed by atoms with E-state index in [0.717, 1.165) is 18.4 Å². The van der Waals surface area contributed by atoms with Crippen LogP contribution in [-0.2, 0) is 32.1 Å². The van der Waals surface area contributed by atoms with Crippen molar-refractivity contribution >= 4 is 29.5 Å². The fourth-order valence-electron chi connectivity index (χ4n) is 4.55. The Kier molecular flexibility index (Phi) is 7.69. The molecule has 2 aromatic rings. The van der Waals surface area contributed by atoms with Crippen LogP contribution in [0.5, 0.6) is 0 Å². The lowest BCUT2D eigenvalue weighted by Crippen LogP contribution is -2.55. The van der Waals surface area contributed by atoms with Gasteiger partial charge in [-0.1, -0.05) is 23.4 Å². The average molecular weight is 513 g/mol. The highest BCUT2D eigenvalue weighted by Gasteiger charge is 2.39. The maximum absolute atomic E-state index is 13.3. The number of aromatic nitrogens is 4. The van der Waals surface area contributed by atoms with Crippen molar-refractivity contribution in [2.24, 2.45) is 0 Å². The second kappa shape index (κ2) is 10.9. The predicted octanol–water partition coefficient (Wildman–Crippen LogP) is 0.680. The van der Waals surface area contributed by atoms with Crippen molar-refractivity contribution in [3.63, 3.8) is 0 Å². The minimum Gasteiger partial charge on any atom is -0.444 e. The van der Waals surface area contributed by atoms with Crippen molar-refractivity contribution in [2.75, 3.05) is 18.0 Å². The fraction of sp³-hybridized carbons (Fsp3) is 0.542. The molecule has 0 saturated carbocycles. The molecular formula is C24H32N8O5. The van der Waals surface area contributed by atoms with Gasteiger partial charge in [0.1, 0.15) is 17.7 Å². The van der Waals surface area contributed by atoms with Crippen molar-refractivity contribution in [2.45, 2.75) is 70.7 Å². The van der Waals surface area contributed by atoms with Crippen LogP contribution in [0.2, 0.25) is 0 Å². The topological polar surface area (TPSA) is 163 Å². The number of H-pyrrole nitrogens is 1. The summed E-state index contributed by atoms with van der Waals surface area (Å²) in [6.45, 7) is 5.45. The normalized spacial score (nSPS) is 19.2. The Balaban J connectivity index is 1.42. The number of carbonyl (C=O) groups excluding carboxylic acids is 4. The van der Waals surface area contributed by atoms with Gasteiger partial charge in [-0.05, 0) is 51.7 Å². The van der Waals surface area contributed by atoms with Crippen LogP contribution in [0.25, 0.3) is 0 Å². The molecule has 198 valence electrons. The Morgan fingerprint density at radius 1 is 1.08 bits per heavy atom. The van der Waals surface area contributed by atoms with Crippen LogP contribution in [0.3, 0.4) is 0 Å². The molecule has 2 aliphatic heterocycles. The number of anilines is 1. The number of carbonyl (C=O) groups is 4. The first-order valence-electron chi connectivity index (χ1n) is 12.3. The van der Waals surface area contributed by atoms with Gasteiger partial charge in [0.15, 0.2) is 5.82 Å². The first kappa shape index (κ1) is 26.0. The number of tetrazole rings is 1. The lowest BCUT2D eigenvalue weighted by atomic mass is 10.0. The van der Waals surface area contributed by atoms with E-state index >= 15 is 0 Å². The molecule has 3 heterocycles. The molecule has 1 saturated heterocycles. The Labute approximate surface area is 214 Å². The highest BCUT2D eigenvalue weighted by molar-refractivity contribution is 6.05. The van der Waals surface area contributed by atoms with Crippen LogP contribution in [0.4, 0.5) is 10.5 Å². The molecule has 0 bridgehead atoms. The van der Waals surface area contributed by atoms with E-state index in [2.05, 4.69) is 31.3 Å². The van der Waals surface area contributed by atoms with Crippen LogP contribution in [0.15, 0.2) is 24.3 Å². The van der Waals surface area contributed by atoms with Gasteiger partial charge in [-0.15, -0.1) is 10.2 Å². The quantitative estimate of drug-likeness (QED) is 0.509. The number of fused-ring (bicyclic) bond motifs is 1. The minimum atomic E-state index is -0.790. The third-order valence-corrected chi connectivity index (χ3v) is 6.20. The molecule has 1 aromatic heterocycles. The van der Waals surface area contributed by atoms with E-state index in [0.29, 0.717) is 30.9 Å². The van der Waals surface area contributed by atoms with Gasteiger partial charge in [-0.25, -0.2) is 4.79 Å². The summed E-state index contributed by atoms with van der Waals surface area (Å²) in [5, 5.41) is 18.8. The summed E-state index contributed by atoms with van der Waals surface area (Å²) >= 11 is 0. The molecule has 0 radical (unpaired) electrons. The Hall–Kier alpha value is -4.03. The number of aromatic amines is 1. The van der Waals surface area contributed by atoms with Gasteiger partial charge < -0.3 is 15.4 Å². The number of piperidine rings is 1. The molecule has 2 atom stereocenters. The summed E-state index contributed by atoms with van der Waals surface area (Å²) in [5.41, 5.74) is 0.785. The van der Waals surface area contributed by atoms with Crippen molar-refractivity contribution < 1.29 is 23.9 Å². The summed E-state index contributed by atoms with van der Waals surface area (Å²) in [6, 6.07) is 5.75. The first-order valence-corrected chi connectivity index (χ1v) is 12.3. The highest BCUT2D eigenvalue weighted by Crippen LogP contribution is 2.32. The molecule has 4 rings (SSSR count). The molecule has 3 N–H and O–H groups in total. The zero-order valence-electron chi connectivity index (χ0n) is 21.2. The van der Waals surface area contributed by atoms with Gasteiger partial charge in [-0.2, -0.15) is 5.21 Å². The fourth-order valence-corrected chi connectivity index (χ4v) is 4.55. The third-order valence-electron chi connectivity index (χ3n) is 6.20. The monoisotopic (exact) mass is 512 g/mol. The lowest BCUT2D eigenvalue weighted by molar-refractivity contribution is -0.130. The van der Waals surface area contributed by atoms with E-state index in [9.17, 15) is 19.2 Å². The van der Waals surface area contributed by atoms with E-state index in [1.54, 1.807) is 32.9 Å². The number of ether oxygens (including phenoxy) is 1. The summed E-state index contributed by atoms with van der Waals surface area (Å²) in [5.74, 6) is -0.915. The average Bonchev–Trinajstić information content (AvgIpc) is 3.52. The maximum atomic E-state index is 13.3. The predicted molar refractivity (Wildman–Crippen MR) is 131 cm³/mol. The SMILES string of the molecule is CC(C)(C)OC(=O)N1CCCC[C@H]1C(=O)NCC(=O)N1c2ccccc2C[C@H]1C(=O)NCc1nn[nH]n1. The second-order valence-corrected chi connectivity index (χ2v) is 10.1. The number of nitrogens with zero attached hydrogens (tertiary/aromatic N) is 5. The standard InChI is InChI=1S/C24H32N8O5/c1-24(2,3)37-23(36)31-11-7-6-10-17(31)21(34)26-14-20(33)32-16-9-5-4-8-15(16)12-18(32)22(35)25-13-19-27-29-30-28-19/h4-5,8-9,17-18H,6-7,10-14H2,1-3H3,(H,25,35)(H,26,34)(H,27,28,29,30)/t17-,18-/m0/s1.